The second-order valence-electron chi connectivity index (χ2n) is 2.59. The molecule has 0 spiro atoms. The fourth-order valence-electron chi connectivity index (χ4n) is 0.983. The Morgan fingerprint density at radius 2 is 2.20 bits per heavy atom. The number of amides is 1. The Kier molecular flexibility index (Phi) is 3.68. The van der Waals surface area contributed by atoms with E-state index in [1.807, 2.05) is 6.92 Å². The van der Waals surface area contributed by atoms with Gasteiger partial charge >= 0.3 is 0 Å². The van der Waals surface area contributed by atoms with Gasteiger partial charge in [0.1, 0.15) is 0 Å². The lowest BCUT2D eigenvalue weighted by atomic mass is 10.0. The van der Waals surface area contributed by atoms with Crippen LogP contribution in [-0.2, 0) is 4.79 Å². The first-order valence-corrected chi connectivity index (χ1v) is 3.26. The summed E-state index contributed by atoms with van der Waals surface area (Å²) in [5.41, 5.74) is 5.43. The van der Waals surface area contributed by atoms with Crippen LogP contribution in [0.5, 0.6) is 0 Å². The Morgan fingerprint density at radius 1 is 1.60 bits per heavy atom. The molecule has 3 nitrogen and oxygen atoms in total. The van der Waals surface area contributed by atoms with Crippen molar-refractivity contribution in [1.82, 2.24) is 5.32 Å². The minimum Gasteiger partial charge on any atom is -0.352 e. The van der Waals surface area contributed by atoms with E-state index >= 15 is 0 Å². The summed E-state index contributed by atoms with van der Waals surface area (Å²) in [4.78, 5) is 10.8. The number of halogens is 1. The molecule has 1 saturated heterocycles. The number of piperidine rings is 1. The van der Waals surface area contributed by atoms with Gasteiger partial charge in [-0.05, 0) is 19.8 Å². The van der Waals surface area contributed by atoms with E-state index in [1.165, 1.54) is 0 Å². The number of carbonyl (C=O) groups is 1. The zero-order valence-corrected chi connectivity index (χ0v) is 6.78. The highest BCUT2D eigenvalue weighted by molar-refractivity contribution is 5.85. The lowest BCUT2D eigenvalue weighted by molar-refractivity contribution is -0.124. The van der Waals surface area contributed by atoms with Gasteiger partial charge in [-0.1, -0.05) is 0 Å². The standard InChI is InChI=1S/C6H12N2O.ClH/c1-4-2-3-5(7)6(9)8-4;/h4-5H,2-3,7H2,1H3,(H,8,9);1H/t4-,5-;/m1./s1. The maximum absolute atomic E-state index is 10.8. The first kappa shape index (κ1) is 9.72. The van der Waals surface area contributed by atoms with Crippen LogP contribution >= 0.6 is 12.4 Å². The maximum atomic E-state index is 10.8. The molecular formula is C6H13ClN2O. The molecule has 0 aromatic heterocycles. The molecule has 0 aromatic carbocycles. The van der Waals surface area contributed by atoms with Crippen molar-refractivity contribution in [3.05, 3.63) is 0 Å². The van der Waals surface area contributed by atoms with E-state index in [1.54, 1.807) is 0 Å². The SMILES string of the molecule is C[C@@H]1CC[C@@H](N)C(=O)N1.Cl. The van der Waals surface area contributed by atoms with Crippen LogP contribution in [0.25, 0.3) is 0 Å². The summed E-state index contributed by atoms with van der Waals surface area (Å²) >= 11 is 0. The zero-order valence-electron chi connectivity index (χ0n) is 5.96. The average molecular weight is 165 g/mol. The van der Waals surface area contributed by atoms with E-state index in [-0.39, 0.29) is 24.4 Å². The van der Waals surface area contributed by atoms with Crippen LogP contribution in [0.2, 0.25) is 0 Å². The molecule has 1 heterocycles. The predicted molar refractivity (Wildman–Crippen MR) is 42.1 cm³/mol. The third kappa shape index (κ3) is 2.15. The van der Waals surface area contributed by atoms with E-state index in [2.05, 4.69) is 5.32 Å². The Morgan fingerprint density at radius 3 is 2.60 bits per heavy atom. The van der Waals surface area contributed by atoms with Gasteiger partial charge in [0.25, 0.3) is 0 Å². The zero-order chi connectivity index (χ0) is 6.85. The Bertz CT molecular complexity index is 129. The molecule has 1 amide bonds. The van der Waals surface area contributed by atoms with E-state index in [0.29, 0.717) is 6.04 Å². The number of nitrogens with two attached hydrogens (primary N) is 1. The molecule has 0 saturated carbocycles. The normalized spacial score (nSPS) is 32.4. The molecule has 0 radical (unpaired) electrons. The Hall–Kier alpha value is -0.280. The van der Waals surface area contributed by atoms with Crippen molar-refractivity contribution in [1.29, 1.82) is 0 Å². The van der Waals surface area contributed by atoms with Gasteiger partial charge in [0.05, 0.1) is 6.04 Å². The molecule has 1 aliphatic rings. The van der Waals surface area contributed by atoms with Crippen LogP contribution in [0.15, 0.2) is 0 Å². The van der Waals surface area contributed by atoms with E-state index < -0.39 is 0 Å². The molecule has 2 atom stereocenters. The highest BCUT2D eigenvalue weighted by atomic mass is 35.5. The van der Waals surface area contributed by atoms with Gasteiger partial charge in [-0.25, -0.2) is 0 Å². The third-order valence-electron chi connectivity index (χ3n) is 1.64. The lowest BCUT2D eigenvalue weighted by Crippen LogP contribution is -2.49. The smallest absolute Gasteiger partial charge is 0.237 e. The highest BCUT2D eigenvalue weighted by Gasteiger charge is 2.21. The van der Waals surface area contributed by atoms with Crippen LogP contribution in [0.4, 0.5) is 0 Å². The van der Waals surface area contributed by atoms with E-state index in [0.717, 1.165) is 12.8 Å². The highest BCUT2D eigenvalue weighted by Crippen LogP contribution is 2.05. The molecule has 0 aromatic rings. The number of nitrogens with one attached hydrogen (secondary N) is 1. The topological polar surface area (TPSA) is 55.1 Å². The van der Waals surface area contributed by atoms with Crippen LogP contribution in [0, 0.1) is 0 Å². The first-order chi connectivity index (χ1) is 4.20. The van der Waals surface area contributed by atoms with Crippen LogP contribution in [0.3, 0.4) is 0 Å². The van der Waals surface area contributed by atoms with Crippen molar-refractivity contribution in [3.63, 3.8) is 0 Å². The Labute approximate surface area is 66.8 Å². The van der Waals surface area contributed by atoms with Crippen molar-refractivity contribution >= 4 is 18.3 Å². The first-order valence-electron chi connectivity index (χ1n) is 3.26. The van der Waals surface area contributed by atoms with Crippen LogP contribution < -0.4 is 11.1 Å². The molecule has 60 valence electrons. The van der Waals surface area contributed by atoms with Crippen molar-refractivity contribution in [2.75, 3.05) is 0 Å². The predicted octanol–water partition coefficient (Wildman–Crippen LogP) is 0.0340. The van der Waals surface area contributed by atoms with Crippen LogP contribution in [0.1, 0.15) is 19.8 Å². The van der Waals surface area contributed by atoms with Gasteiger partial charge in [-0.15, -0.1) is 12.4 Å². The van der Waals surface area contributed by atoms with Crippen molar-refractivity contribution in [3.8, 4) is 0 Å². The quantitative estimate of drug-likeness (QED) is 0.531. The fourth-order valence-corrected chi connectivity index (χ4v) is 0.983. The molecule has 3 N–H and O–H groups in total. The maximum Gasteiger partial charge on any atom is 0.237 e. The summed E-state index contributed by atoms with van der Waals surface area (Å²) < 4.78 is 0. The van der Waals surface area contributed by atoms with E-state index in [9.17, 15) is 4.79 Å². The number of hydrogen-bond acceptors (Lipinski definition) is 2. The summed E-state index contributed by atoms with van der Waals surface area (Å²) in [7, 11) is 0. The molecule has 0 unspecified atom stereocenters. The fraction of sp³-hybridized carbons (Fsp3) is 0.833. The number of rotatable bonds is 0. The Balaban J connectivity index is 0.000000810. The summed E-state index contributed by atoms with van der Waals surface area (Å²) in [6.45, 7) is 1.99. The molecule has 4 heteroatoms. The molecular weight excluding hydrogens is 152 g/mol. The molecule has 1 rings (SSSR count). The summed E-state index contributed by atoms with van der Waals surface area (Å²) in [6, 6.07) is 0.0542. The molecule has 0 aliphatic carbocycles. The van der Waals surface area contributed by atoms with Gasteiger partial charge in [-0.3, -0.25) is 4.79 Å². The van der Waals surface area contributed by atoms with Gasteiger partial charge in [0, 0.05) is 6.04 Å². The summed E-state index contributed by atoms with van der Waals surface area (Å²) in [5, 5.41) is 2.77. The molecule has 10 heavy (non-hydrogen) atoms. The second kappa shape index (κ2) is 3.78. The second-order valence-corrected chi connectivity index (χ2v) is 2.59. The van der Waals surface area contributed by atoms with Gasteiger partial charge in [0.15, 0.2) is 0 Å². The molecule has 1 aliphatic heterocycles. The monoisotopic (exact) mass is 164 g/mol. The molecule has 0 bridgehead atoms. The summed E-state index contributed by atoms with van der Waals surface area (Å²) in [6.07, 6.45) is 1.83. The van der Waals surface area contributed by atoms with Crippen LogP contribution in [-0.4, -0.2) is 18.0 Å². The van der Waals surface area contributed by atoms with Gasteiger partial charge < -0.3 is 11.1 Å². The van der Waals surface area contributed by atoms with Crippen molar-refractivity contribution < 1.29 is 4.79 Å². The van der Waals surface area contributed by atoms with E-state index in [4.69, 9.17) is 5.73 Å². The largest absolute Gasteiger partial charge is 0.352 e. The average Bonchev–Trinajstić information content (AvgIpc) is 1.80. The van der Waals surface area contributed by atoms with Crippen molar-refractivity contribution in [2.45, 2.75) is 31.8 Å². The third-order valence-corrected chi connectivity index (χ3v) is 1.64. The lowest BCUT2D eigenvalue weighted by Gasteiger charge is -2.23. The molecule has 1 fully saturated rings. The van der Waals surface area contributed by atoms with Crippen molar-refractivity contribution in [2.24, 2.45) is 5.73 Å². The van der Waals surface area contributed by atoms with Gasteiger partial charge in [-0.2, -0.15) is 0 Å². The summed E-state index contributed by atoms with van der Waals surface area (Å²) in [5.74, 6) is -0.00579. The van der Waals surface area contributed by atoms with Gasteiger partial charge in [0.2, 0.25) is 5.91 Å². The minimum atomic E-state index is -0.263. The number of carbonyl (C=O) groups excluding carboxylic acids is 1. The minimum absolute atomic E-state index is 0. The number of hydrogen-bond donors (Lipinski definition) is 2.